The molecule has 0 saturated heterocycles. The van der Waals surface area contributed by atoms with Gasteiger partial charge in [0.2, 0.25) is 0 Å². The topological polar surface area (TPSA) is 26.0 Å². The van der Waals surface area contributed by atoms with Gasteiger partial charge in [0, 0.05) is 21.8 Å². The van der Waals surface area contributed by atoms with E-state index in [2.05, 4.69) is 12.1 Å². The predicted octanol–water partition coefficient (Wildman–Crippen LogP) is 3.55. The molecule has 3 rings (SSSR count). The molecule has 0 fully saturated rings. The van der Waals surface area contributed by atoms with Crippen LogP contribution in [0, 0.1) is 11.6 Å². The van der Waals surface area contributed by atoms with Crippen LogP contribution in [0.5, 0.6) is 0 Å². The van der Waals surface area contributed by atoms with Gasteiger partial charge in [0.1, 0.15) is 11.6 Å². The number of halogens is 2. The van der Waals surface area contributed by atoms with Crippen LogP contribution in [0.25, 0.3) is 0 Å². The zero-order valence-electron chi connectivity index (χ0n) is 10.9. The van der Waals surface area contributed by atoms with Gasteiger partial charge in [0.15, 0.2) is 0 Å². The summed E-state index contributed by atoms with van der Waals surface area (Å²) >= 11 is 1.71. The van der Waals surface area contributed by atoms with Crippen LogP contribution in [-0.4, -0.2) is 11.3 Å². The number of rotatable bonds is 3. The first kappa shape index (κ1) is 13.6. The summed E-state index contributed by atoms with van der Waals surface area (Å²) in [7, 11) is 0. The minimum Gasteiger partial charge on any atom is -0.326 e. The molecule has 2 N–H and O–H groups in total. The summed E-state index contributed by atoms with van der Waals surface area (Å²) in [6.07, 6.45) is 1.09. The number of benzene rings is 2. The Kier molecular flexibility index (Phi) is 3.76. The fourth-order valence-electron chi connectivity index (χ4n) is 2.54. The maximum absolute atomic E-state index is 13.7. The smallest absolute Gasteiger partial charge is 0.129 e. The van der Waals surface area contributed by atoms with Gasteiger partial charge in [-0.25, -0.2) is 8.78 Å². The van der Waals surface area contributed by atoms with E-state index in [4.69, 9.17) is 5.73 Å². The van der Waals surface area contributed by atoms with Crippen LogP contribution in [0.2, 0.25) is 0 Å². The van der Waals surface area contributed by atoms with Gasteiger partial charge in [-0.15, -0.1) is 11.8 Å². The summed E-state index contributed by atoms with van der Waals surface area (Å²) in [5.41, 5.74) is 7.54. The number of fused-ring (bicyclic) bond motifs is 1. The lowest BCUT2D eigenvalue weighted by atomic mass is 9.99. The normalized spacial score (nSPS) is 18.9. The molecule has 0 amide bonds. The van der Waals surface area contributed by atoms with Gasteiger partial charge in [0.05, 0.1) is 0 Å². The molecule has 104 valence electrons. The third-order valence-corrected chi connectivity index (χ3v) is 5.12. The maximum Gasteiger partial charge on any atom is 0.129 e. The van der Waals surface area contributed by atoms with E-state index < -0.39 is 11.6 Å². The van der Waals surface area contributed by atoms with Crippen molar-refractivity contribution in [3.63, 3.8) is 0 Å². The highest BCUT2D eigenvalue weighted by atomic mass is 32.2. The first-order valence-corrected chi connectivity index (χ1v) is 7.46. The molecule has 0 aliphatic carbocycles. The number of hydrogen-bond acceptors (Lipinski definition) is 2. The highest BCUT2D eigenvalue weighted by Crippen LogP contribution is 2.38. The molecule has 2 atom stereocenters. The molecule has 0 radical (unpaired) electrons. The van der Waals surface area contributed by atoms with Crippen molar-refractivity contribution >= 4 is 11.8 Å². The Morgan fingerprint density at radius 2 is 1.80 bits per heavy atom. The van der Waals surface area contributed by atoms with Gasteiger partial charge in [-0.1, -0.05) is 24.3 Å². The lowest BCUT2D eigenvalue weighted by molar-refractivity contribution is 0.529. The summed E-state index contributed by atoms with van der Waals surface area (Å²) in [6, 6.07) is 11.8. The van der Waals surface area contributed by atoms with E-state index >= 15 is 0 Å². The fourth-order valence-corrected chi connectivity index (χ4v) is 3.86. The lowest BCUT2D eigenvalue weighted by Gasteiger charge is -2.18. The highest BCUT2D eigenvalue weighted by Gasteiger charge is 2.28. The summed E-state index contributed by atoms with van der Waals surface area (Å²) in [5.74, 6) is -1.03. The van der Waals surface area contributed by atoms with Crippen molar-refractivity contribution in [3.05, 3.63) is 65.2 Å². The molecular formula is C16H15F2NS. The summed E-state index contributed by atoms with van der Waals surface area (Å²) in [5, 5.41) is 0.173. The average molecular weight is 291 g/mol. The van der Waals surface area contributed by atoms with Gasteiger partial charge in [-0.3, -0.25) is 0 Å². The standard InChI is InChI=1S/C16H15F2NS/c17-12-5-3-6-13(18)11(12)9-14(19)16-8-10-4-1-2-7-15(10)20-16/h1-7,14,16H,8-9,19H2. The van der Waals surface area contributed by atoms with Crippen molar-refractivity contribution in [1.29, 1.82) is 0 Å². The minimum atomic E-state index is -0.513. The predicted molar refractivity (Wildman–Crippen MR) is 77.8 cm³/mol. The third kappa shape index (κ3) is 2.58. The Hall–Kier alpha value is -1.39. The van der Waals surface area contributed by atoms with Gasteiger partial charge in [0.25, 0.3) is 0 Å². The van der Waals surface area contributed by atoms with E-state index in [1.54, 1.807) is 11.8 Å². The van der Waals surface area contributed by atoms with Crippen molar-refractivity contribution in [3.8, 4) is 0 Å². The largest absolute Gasteiger partial charge is 0.326 e. The van der Waals surface area contributed by atoms with E-state index in [1.165, 1.54) is 28.7 Å². The lowest BCUT2D eigenvalue weighted by Crippen LogP contribution is -2.35. The van der Waals surface area contributed by atoms with Crippen LogP contribution >= 0.6 is 11.8 Å². The zero-order valence-corrected chi connectivity index (χ0v) is 11.7. The second-order valence-electron chi connectivity index (χ2n) is 5.04. The number of hydrogen-bond donors (Lipinski definition) is 1. The van der Waals surface area contributed by atoms with Gasteiger partial charge >= 0.3 is 0 Å². The van der Waals surface area contributed by atoms with E-state index in [0.717, 1.165) is 6.42 Å². The van der Waals surface area contributed by atoms with Crippen LogP contribution < -0.4 is 5.73 Å². The van der Waals surface area contributed by atoms with E-state index in [-0.39, 0.29) is 23.3 Å². The first-order chi connectivity index (χ1) is 9.65. The molecule has 1 aliphatic heterocycles. The molecule has 0 aromatic heterocycles. The molecule has 1 heterocycles. The molecule has 4 heteroatoms. The summed E-state index contributed by atoms with van der Waals surface area (Å²) in [4.78, 5) is 1.22. The molecule has 20 heavy (non-hydrogen) atoms. The quantitative estimate of drug-likeness (QED) is 0.936. The molecular weight excluding hydrogens is 276 g/mol. The van der Waals surface area contributed by atoms with Crippen LogP contribution in [-0.2, 0) is 12.8 Å². The van der Waals surface area contributed by atoms with Crippen molar-refractivity contribution < 1.29 is 8.78 Å². The molecule has 0 spiro atoms. The van der Waals surface area contributed by atoms with Crippen LogP contribution in [0.4, 0.5) is 8.78 Å². The van der Waals surface area contributed by atoms with Crippen molar-refractivity contribution in [2.75, 3.05) is 0 Å². The average Bonchev–Trinajstić information content (AvgIpc) is 2.87. The summed E-state index contributed by atoms with van der Waals surface area (Å²) < 4.78 is 27.3. The second-order valence-corrected chi connectivity index (χ2v) is 6.32. The van der Waals surface area contributed by atoms with Gasteiger partial charge < -0.3 is 5.73 Å². The number of nitrogens with two attached hydrogens (primary N) is 1. The monoisotopic (exact) mass is 291 g/mol. The Balaban J connectivity index is 1.74. The SMILES string of the molecule is NC(Cc1c(F)cccc1F)C1Cc2ccccc2S1. The first-order valence-electron chi connectivity index (χ1n) is 6.58. The van der Waals surface area contributed by atoms with Crippen LogP contribution in [0.3, 0.4) is 0 Å². The van der Waals surface area contributed by atoms with E-state index in [0.29, 0.717) is 0 Å². The minimum absolute atomic E-state index is 0.0940. The Morgan fingerprint density at radius 3 is 2.50 bits per heavy atom. The third-order valence-electron chi connectivity index (χ3n) is 3.65. The maximum atomic E-state index is 13.7. The fraction of sp³-hybridized carbons (Fsp3) is 0.250. The summed E-state index contributed by atoms with van der Waals surface area (Å²) in [6.45, 7) is 0. The zero-order chi connectivity index (χ0) is 14.1. The van der Waals surface area contributed by atoms with Crippen LogP contribution in [0.1, 0.15) is 11.1 Å². The van der Waals surface area contributed by atoms with Gasteiger partial charge in [-0.2, -0.15) is 0 Å². The van der Waals surface area contributed by atoms with Crippen molar-refractivity contribution in [1.82, 2.24) is 0 Å². The highest BCUT2D eigenvalue weighted by molar-refractivity contribution is 8.00. The molecule has 1 aliphatic rings. The van der Waals surface area contributed by atoms with Gasteiger partial charge in [-0.05, 0) is 36.6 Å². The number of thioether (sulfide) groups is 1. The Morgan fingerprint density at radius 1 is 1.10 bits per heavy atom. The molecule has 1 nitrogen and oxygen atoms in total. The van der Waals surface area contributed by atoms with Crippen LogP contribution in [0.15, 0.2) is 47.4 Å². The Bertz CT molecular complexity index is 584. The van der Waals surface area contributed by atoms with Crippen molar-refractivity contribution in [2.45, 2.75) is 29.0 Å². The molecule has 0 bridgehead atoms. The molecule has 2 aromatic rings. The molecule has 2 unspecified atom stereocenters. The van der Waals surface area contributed by atoms with E-state index in [9.17, 15) is 8.78 Å². The molecule has 2 aromatic carbocycles. The van der Waals surface area contributed by atoms with E-state index in [1.807, 2.05) is 12.1 Å². The van der Waals surface area contributed by atoms with Crippen molar-refractivity contribution in [2.24, 2.45) is 5.73 Å². The Labute approximate surface area is 121 Å². The second kappa shape index (κ2) is 5.54. The molecule has 0 saturated carbocycles.